The second-order valence-electron chi connectivity index (χ2n) is 3.62. The van der Waals surface area contributed by atoms with Crippen molar-refractivity contribution in [2.45, 2.75) is 13.5 Å². The van der Waals surface area contributed by atoms with E-state index in [1.165, 1.54) is 0 Å². The highest BCUT2D eigenvalue weighted by molar-refractivity contribution is 6.42. The second kappa shape index (κ2) is 4.58. The number of halogens is 2. The number of aryl methyl sites for hydroxylation is 1. The topological polar surface area (TPSA) is 22.1 Å². The van der Waals surface area contributed by atoms with Crippen molar-refractivity contribution in [3.63, 3.8) is 0 Å². The van der Waals surface area contributed by atoms with Gasteiger partial charge in [-0.05, 0) is 24.6 Å². The first-order valence-corrected chi connectivity index (χ1v) is 5.62. The number of fused-ring (bicyclic) bond motifs is 1. The Morgan fingerprint density at radius 3 is 2.69 bits per heavy atom. The first-order chi connectivity index (χ1) is 7.63. The summed E-state index contributed by atoms with van der Waals surface area (Å²) in [5.74, 6) is 0. The molecule has 0 N–H and O–H groups in total. The molecule has 0 bridgehead atoms. The highest BCUT2D eigenvalue weighted by Crippen LogP contribution is 2.31. The van der Waals surface area contributed by atoms with Crippen LogP contribution in [0.3, 0.4) is 0 Å². The Bertz CT molecular complexity index is 540. The van der Waals surface area contributed by atoms with Crippen LogP contribution in [-0.4, -0.2) is 12.1 Å². The minimum Gasteiger partial charge on any atom is -0.378 e. The maximum absolute atomic E-state index is 6.20. The SMILES string of the molecule is COCc1cc(Cl)c2c(Cl)ccc(C)c2n1. The quantitative estimate of drug-likeness (QED) is 0.810. The zero-order chi connectivity index (χ0) is 11.7. The molecule has 0 aliphatic carbocycles. The number of methoxy groups -OCH3 is 1. The predicted molar refractivity (Wildman–Crippen MR) is 67.2 cm³/mol. The van der Waals surface area contributed by atoms with Gasteiger partial charge in [0.2, 0.25) is 0 Å². The van der Waals surface area contributed by atoms with E-state index in [-0.39, 0.29) is 0 Å². The van der Waals surface area contributed by atoms with Gasteiger partial charge in [0, 0.05) is 12.5 Å². The number of nitrogens with zero attached hydrogens (tertiary/aromatic N) is 1. The number of hydrogen-bond acceptors (Lipinski definition) is 2. The van der Waals surface area contributed by atoms with E-state index < -0.39 is 0 Å². The molecule has 0 fully saturated rings. The van der Waals surface area contributed by atoms with Crippen LogP contribution in [-0.2, 0) is 11.3 Å². The van der Waals surface area contributed by atoms with Crippen LogP contribution in [0.1, 0.15) is 11.3 Å². The van der Waals surface area contributed by atoms with E-state index in [0.717, 1.165) is 22.2 Å². The Kier molecular flexibility index (Phi) is 3.33. The average molecular weight is 256 g/mol. The molecule has 0 saturated carbocycles. The molecule has 2 rings (SSSR count). The van der Waals surface area contributed by atoms with Crippen molar-refractivity contribution in [3.8, 4) is 0 Å². The fourth-order valence-corrected chi connectivity index (χ4v) is 2.28. The first-order valence-electron chi connectivity index (χ1n) is 4.86. The Morgan fingerprint density at radius 2 is 2.00 bits per heavy atom. The fourth-order valence-electron chi connectivity index (χ4n) is 1.66. The number of hydrogen-bond donors (Lipinski definition) is 0. The van der Waals surface area contributed by atoms with Crippen LogP contribution in [0.5, 0.6) is 0 Å². The van der Waals surface area contributed by atoms with Gasteiger partial charge >= 0.3 is 0 Å². The Balaban J connectivity index is 2.76. The lowest BCUT2D eigenvalue weighted by Gasteiger charge is -2.08. The van der Waals surface area contributed by atoms with Gasteiger partial charge in [-0.15, -0.1) is 0 Å². The van der Waals surface area contributed by atoms with Crippen LogP contribution < -0.4 is 0 Å². The first kappa shape index (κ1) is 11.6. The van der Waals surface area contributed by atoms with Crippen molar-refractivity contribution in [1.29, 1.82) is 0 Å². The van der Waals surface area contributed by atoms with E-state index >= 15 is 0 Å². The third-order valence-corrected chi connectivity index (χ3v) is 3.02. The molecule has 0 atom stereocenters. The third kappa shape index (κ3) is 2.01. The zero-order valence-electron chi connectivity index (χ0n) is 9.05. The molecule has 1 aromatic carbocycles. The average Bonchev–Trinajstić information content (AvgIpc) is 2.23. The summed E-state index contributed by atoms with van der Waals surface area (Å²) in [6, 6.07) is 5.56. The zero-order valence-corrected chi connectivity index (χ0v) is 10.6. The molecule has 0 radical (unpaired) electrons. The highest BCUT2D eigenvalue weighted by atomic mass is 35.5. The van der Waals surface area contributed by atoms with E-state index in [0.29, 0.717) is 16.7 Å². The molecule has 1 aromatic heterocycles. The van der Waals surface area contributed by atoms with Gasteiger partial charge in [-0.2, -0.15) is 0 Å². The molecule has 0 unspecified atom stereocenters. The van der Waals surface area contributed by atoms with Gasteiger partial charge < -0.3 is 4.74 Å². The molecular formula is C12H11Cl2NO. The molecule has 16 heavy (non-hydrogen) atoms. The van der Waals surface area contributed by atoms with Gasteiger partial charge in [0.15, 0.2) is 0 Å². The molecule has 1 heterocycles. The molecule has 4 heteroatoms. The van der Waals surface area contributed by atoms with Gasteiger partial charge in [-0.1, -0.05) is 29.3 Å². The monoisotopic (exact) mass is 255 g/mol. The lowest BCUT2D eigenvalue weighted by molar-refractivity contribution is 0.182. The summed E-state index contributed by atoms with van der Waals surface area (Å²) >= 11 is 12.3. The van der Waals surface area contributed by atoms with E-state index in [9.17, 15) is 0 Å². The summed E-state index contributed by atoms with van der Waals surface area (Å²) in [7, 11) is 1.63. The van der Waals surface area contributed by atoms with Gasteiger partial charge in [-0.25, -0.2) is 4.98 Å². The van der Waals surface area contributed by atoms with Crippen molar-refractivity contribution >= 4 is 34.1 Å². The smallest absolute Gasteiger partial charge is 0.0884 e. The normalized spacial score (nSPS) is 11.0. The lowest BCUT2D eigenvalue weighted by atomic mass is 10.1. The second-order valence-corrected chi connectivity index (χ2v) is 4.43. The lowest BCUT2D eigenvalue weighted by Crippen LogP contribution is -1.95. The number of rotatable bonds is 2. The van der Waals surface area contributed by atoms with Gasteiger partial charge in [-0.3, -0.25) is 0 Å². The van der Waals surface area contributed by atoms with Gasteiger partial charge in [0.25, 0.3) is 0 Å². The van der Waals surface area contributed by atoms with E-state index in [2.05, 4.69) is 4.98 Å². The molecule has 0 spiro atoms. The minimum absolute atomic E-state index is 0.446. The summed E-state index contributed by atoms with van der Waals surface area (Å²) < 4.78 is 5.05. The maximum Gasteiger partial charge on any atom is 0.0884 e. The summed E-state index contributed by atoms with van der Waals surface area (Å²) in [4.78, 5) is 4.49. The molecule has 84 valence electrons. The molecule has 0 aliphatic heterocycles. The van der Waals surface area contributed by atoms with Crippen molar-refractivity contribution < 1.29 is 4.74 Å². The third-order valence-electron chi connectivity index (χ3n) is 2.41. The molecular weight excluding hydrogens is 245 g/mol. The van der Waals surface area contributed by atoms with Crippen molar-refractivity contribution in [3.05, 3.63) is 39.5 Å². The number of benzene rings is 1. The van der Waals surface area contributed by atoms with Crippen LogP contribution in [0.15, 0.2) is 18.2 Å². The van der Waals surface area contributed by atoms with Gasteiger partial charge in [0.1, 0.15) is 0 Å². The molecule has 0 saturated heterocycles. The van der Waals surface area contributed by atoms with Crippen LogP contribution in [0, 0.1) is 6.92 Å². The van der Waals surface area contributed by atoms with Crippen LogP contribution >= 0.6 is 23.2 Å². The summed E-state index contributed by atoms with van der Waals surface area (Å²) in [6.07, 6.45) is 0. The Morgan fingerprint density at radius 1 is 1.25 bits per heavy atom. The van der Waals surface area contributed by atoms with Gasteiger partial charge in [0.05, 0.1) is 27.9 Å². The number of aromatic nitrogens is 1. The highest BCUT2D eigenvalue weighted by Gasteiger charge is 2.09. The number of ether oxygens (including phenoxy) is 1. The standard InChI is InChI=1S/C12H11Cl2NO/c1-7-3-4-9(13)11-10(14)5-8(6-16-2)15-12(7)11/h3-5H,6H2,1-2H3. The van der Waals surface area contributed by atoms with Crippen LogP contribution in [0.2, 0.25) is 10.0 Å². The molecule has 0 amide bonds. The van der Waals surface area contributed by atoms with Crippen LogP contribution in [0.25, 0.3) is 10.9 Å². The van der Waals surface area contributed by atoms with Crippen molar-refractivity contribution in [2.24, 2.45) is 0 Å². The predicted octanol–water partition coefficient (Wildman–Crippen LogP) is 4.00. The Labute approximate surface area is 104 Å². The summed E-state index contributed by atoms with van der Waals surface area (Å²) in [6.45, 7) is 2.43. The maximum atomic E-state index is 6.20. The largest absolute Gasteiger partial charge is 0.378 e. The van der Waals surface area contributed by atoms with E-state index in [1.54, 1.807) is 13.2 Å². The van der Waals surface area contributed by atoms with Crippen molar-refractivity contribution in [1.82, 2.24) is 4.98 Å². The Hall–Kier alpha value is -0.830. The minimum atomic E-state index is 0.446. The van der Waals surface area contributed by atoms with E-state index in [4.69, 9.17) is 27.9 Å². The van der Waals surface area contributed by atoms with E-state index in [1.807, 2.05) is 19.1 Å². The fraction of sp³-hybridized carbons (Fsp3) is 0.250. The summed E-state index contributed by atoms with van der Waals surface area (Å²) in [5, 5.41) is 2.05. The number of pyridine rings is 1. The molecule has 0 aliphatic rings. The van der Waals surface area contributed by atoms with Crippen LogP contribution in [0.4, 0.5) is 0 Å². The van der Waals surface area contributed by atoms with Crippen molar-refractivity contribution in [2.75, 3.05) is 7.11 Å². The summed E-state index contributed by atoms with van der Waals surface area (Å²) in [5.41, 5.74) is 2.71. The molecule has 2 nitrogen and oxygen atoms in total. The molecule has 2 aromatic rings.